The quantitative estimate of drug-likeness (QED) is 0.176. The van der Waals surface area contributed by atoms with Gasteiger partial charge in [0.1, 0.15) is 0 Å². The lowest BCUT2D eigenvalue weighted by molar-refractivity contribution is 1.28. The van der Waals surface area contributed by atoms with Gasteiger partial charge in [0.2, 0.25) is 0 Å². The minimum atomic E-state index is 1.11. The summed E-state index contributed by atoms with van der Waals surface area (Å²) in [6.07, 6.45) is 0. The third kappa shape index (κ3) is 5.60. The number of anilines is 3. The number of nitrogens with zero attached hydrogens (tertiary/aromatic N) is 1. The fourth-order valence-corrected chi connectivity index (χ4v) is 6.66. The van der Waals surface area contributed by atoms with E-state index in [1.165, 1.54) is 55.3 Å². The standard InChI is InChI=1S/C46H33N/c1-3-16-34(17-4-1)42-27-9-10-28-44(42)45-29-11-12-31-46(45)47(39-23-5-2-6-24-39)40-25-14-21-37(33-40)36-20-13-22-38(32-36)43-30-15-19-35-18-7-8-26-41(35)43/h1-33H. The molecule has 0 fully saturated rings. The lowest BCUT2D eigenvalue weighted by Crippen LogP contribution is -2.11. The largest absolute Gasteiger partial charge is 0.310 e. The summed E-state index contributed by atoms with van der Waals surface area (Å²) < 4.78 is 0. The van der Waals surface area contributed by atoms with Gasteiger partial charge in [-0.25, -0.2) is 0 Å². The second kappa shape index (κ2) is 12.7. The van der Waals surface area contributed by atoms with E-state index in [4.69, 9.17) is 0 Å². The molecule has 0 amide bonds. The normalized spacial score (nSPS) is 11.0. The first-order valence-corrected chi connectivity index (χ1v) is 16.1. The van der Waals surface area contributed by atoms with Gasteiger partial charge in [-0.15, -0.1) is 0 Å². The summed E-state index contributed by atoms with van der Waals surface area (Å²) in [5.74, 6) is 0. The van der Waals surface area contributed by atoms with Gasteiger partial charge in [0.15, 0.2) is 0 Å². The predicted molar refractivity (Wildman–Crippen MR) is 200 cm³/mol. The second-order valence-electron chi connectivity index (χ2n) is 11.8. The molecule has 222 valence electrons. The van der Waals surface area contributed by atoms with Crippen LogP contribution in [0.1, 0.15) is 0 Å². The molecule has 0 aromatic heterocycles. The molecule has 0 saturated heterocycles. The smallest absolute Gasteiger partial charge is 0.0540 e. The lowest BCUT2D eigenvalue weighted by Gasteiger charge is -2.28. The van der Waals surface area contributed by atoms with Crippen LogP contribution < -0.4 is 4.90 Å². The highest BCUT2D eigenvalue weighted by molar-refractivity contribution is 5.98. The summed E-state index contributed by atoms with van der Waals surface area (Å²) >= 11 is 0. The summed E-state index contributed by atoms with van der Waals surface area (Å²) in [6, 6.07) is 71.8. The summed E-state index contributed by atoms with van der Waals surface area (Å²) in [5.41, 5.74) is 13.0. The molecule has 0 aliphatic carbocycles. The molecule has 0 N–H and O–H groups in total. The maximum Gasteiger partial charge on any atom is 0.0540 e. The molecule has 0 aliphatic heterocycles. The number of para-hydroxylation sites is 2. The van der Waals surface area contributed by atoms with Crippen molar-refractivity contribution in [3.8, 4) is 44.5 Å². The van der Waals surface area contributed by atoms with Crippen molar-refractivity contribution >= 4 is 27.8 Å². The van der Waals surface area contributed by atoms with E-state index in [-0.39, 0.29) is 0 Å². The Hall–Kier alpha value is -6.18. The fourth-order valence-electron chi connectivity index (χ4n) is 6.66. The monoisotopic (exact) mass is 599 g/mol. The number of hydrogen-bond donors (Lipinski definition) is 0. The molecule has 0 atom stereocenters. The summed E-state index contributed by atoms with van der Waals surface area (Å²) in [6.45, 7) is 0. The molecule has 47 heavy (non-hydrogen) atoms. The van der Waals surface area contributed by atoms with Crippen LogP contribution in [-0.4, -0.2) is 0 Å². The van der Waals surface area contributed by atoms with Gasteiger partial charge in [0, 0.05) is 16.9 Å². The van der Waals surface area contributed by atoms with E-state index in [9.17, 15) is 0 Å². The molecule has 0 spiro atoms. The van der Waals surface area contributed by atoms with E-state index in [0.29, 0.717) is 0 Å². The zero-order chi connectivity index (χ0) is 31.4. The van der Waals surface area contributed by atoms with Gasteiger partial charge in [-0.1, -0.05) is 164 Å². The van der Waals surface area contributed by atoms with Crippen molar-refractivity contribution < 1.29 is 0 Å². The van der Waals surface area contributed by atoms with Gasteiger partial charge in [-0.2, -0.15) is 0 Å². The van der Waals surface area contributed by atoms with Crippen LogP contribution in [0.2, 0.25) is 0 Å². The Bertz CT molecular complexity index is 2300. The van der Waals surface area contributed by atoms with Crippen LogP contribution >= 0.6 is 0 Å². The molecule has 1 heteroatoms. The average Bonchev–Trinajstić information content (AvgIpc) is 3.16. The first-order chi connectivity index (χ1) is 23.3. The molecular formula is C46H33N. The highest BCUT2D eigenvalue weighted by Gasteiger charge is 2.19. The SMILES string of the molecule is c1ccc(-c2ccccc2-c2ccccc2N(c2ccccc2)c2cccc(-c3cccc(-c4cccc5ccccc45)c3)c2)cc1. The third-order valence-corrected chi connectivity index (χ3v) is 8.86. The predicted octanol–water partition coefficient (Wildman–Crippen LogP) is 13.0. The van der Waals surface area contributed by atoms with Crippen LogP contribution in [0.4, 0.5) is 17.1 Å². The van der Waals surface area contributed by atoms with Crippen molar-refractivity contribution in [3.05, 3.63) is 200 Å². The van der Waals surface area contributed by atoms with Crippen LogP contribution in [0.5, 0.6) is 0 Å². The van der Waals surface area contributed by atoms with E-state index in [1.54, 1.807) is 0 Å². The Morgan fingerprint density at radius 3 is 1.62 bits per heavy atom. The van der Waals surface area contributed by atoms with E-state index < -0.39 is 0 Å². The molecule has 0 aliphatic rings. The zero-order valence-electron chi connectivity index (χ0n) is 26.0. The van der Waals surface area contributed by atoms with Crippen LogP contribution in [0.25, 0.3) is 55.3 Å². The van der Waals surface area contributed by atoms with Gasteiger partial charge < -0.3 is 4.90 Å². The number of hydrogen-bond acceptors (Lipinski definition) is 1. The van der Waals surface area contributed by atoms with Crippen molar-refractivity contribution in [3.63, 3.8) is 0 Å². The Morgan fingerprint density at radius 1 is 0.277 bits per heavy atom. The van der Waals surface area contributed by atoms with E-state index in [1.807, 2.05) is 0 Å². The van der Waals surface area contributed by atoms with Crippen LogP contribution in [-0.2, 0) is 0 Å². The number of rotatable bonds is 7. The molecule has 8 aromatic rings. The minimum absolute atomic E-state index is 1.11. The van der Waals surface area contributed by atoms with Crippen molar-refractivity contribution in [2.24, 2.45) is 0 Å². The topological polar surface area (TPSA) is 3.24 Å². The minimum Gasteiger partial charge on any atom is -0.310 e. The summed E-state index contributed by atoms with van der Waals surface area (Å²) in [4.78, 5) is 2.38. The zero-order valence-corrected chi connectivity index (χ0v) is 26.0. The van der Waals surface area contributed by atoms with Gasteiger partial charge in [-0.3, -0.25) is 0 Å². The highest BCUT2D eigenvalue weighted by atomic mass is 15.1. The van der Waals surface area contributed by atoms with Crippen molar-refractivity contribution in [1.82, 2.24) is 0 Å². The first kappa shape index (κ1) is 28.3. The van der Waals surface area contributed by atoms with Gasteiger partial charge >= 0.3 is 0 Å². The molecule has 0 bridgehead atoms. The Balaban J connectivity index is 1.26. The van der Waals surface area contributed by atoms with Crippen LogP contribution in [0.15, 0.2) is 200 Å². The molecule has 0 radical (unpaired) electrons. The van der Waals surface area contributed by atoms with Crippen molar-refractivity contribution in [2.45, 2.75) is 0 Å². The van der Waals surface area contributed by atoms with Crippen LogP contribution in [0.3, 0.4) is 0 Å². The lowest BCUT2D eigenvalue weighted by atomic mass is 9.93. The highest BCUT2D eigenvalue weighted by Crippen LogP contribution is 2.44. The van der Waals surface area contributed by atoms with Crippen LogP contribution in [0, 0.1) is 0 Å². The first-order valence-electron chi connectivity index (χ1n) is 16.1. The molecule has 0 saturated carbocycles. The van der Waals surface area contributed by atoms with Gasteiger partial charge in [-0.05, 0) is 86.1 Å². The molecule has 0 heterocycles. The maximum absolute atomic E-state index is 2.38. The van der Waals surface area contributed by atoms with E-state index >= 15 is 0 Å². The Morgan fingerprint density at radius 2 is 0.787 bits per heavy atom. The van der Waals surface area contributed by atoms with E-state index in [2.05, 4.69) is 205 Å². The van der Waals surface area contributed by atoms with Crippen molar-refractivity contribution in [2.75, 3.05) is 4.90 Å². The fraction of sp³-hybridized carbons (Fsp3) is 0. The van der Waals surface area contributed by atoms with E-state index in [0.717, 1.165) is 17.1 Å². The molecule has 1 nitrogen and oxygen atoms in total. The number of benzene rings is 8. The summed E-state index contributed by atoms with van der Waals surface area (Å²) in [7, 11) is 0. The van der Waals surface area contributed by atoms with Gasteiger partial charge in [0.05, 0.1) is 5.69 Å². The number of fused-ring (bicyclic) bond motifs is 1. The Kier molecular flexibility index (Phi) is 7.63. The average molecular weight is 600 g/mol. The van der Waals surface area contributed by atoms with Crippen molar-refractivity contribution in [1.29, 1.82) is 0 Å². The molecule has 8 aromatic carbocycles. The second-order valence-corrected chi connectivity index (χ2v) is 11.8. The molecular weight excluding hydrogens is 567 g/mol. The maximum atomic E-state index is 2.38. The molecule has 0 unspecified atom stereocenters. The molecule has 8 rings (SSSR count). The summed E-state index contributed by atoms with van der Waals surface area (Å²) in [5, 5.41) is 2.52. The Labute approximate surface area is 276 Å². The van der Waals surface area contributed by atoms with Gasteiger partial charge in [0.25, 0.3) is 0 Å². The third-order valence-electron chi connectivity index (χ3n) is 8.86.